The minimum atomic E-state index is -0.422. The van der Waals surface area contributed by atoms with Crippen molar-refractivity contribution < 1.29 is 14.6 Å². The molecule has 0 fully saturated rings. The number of nitrogens with zero attached hydrogens (tertiary/aromatic N) is 4. The number of phenols is 2. The van der Waals surface area contributed by atoms with Crippen LogP contribution in [0.25, 0.3) is 22.3 Å². The molecule has 0 saturated heterocycles. The number of aromatic nitrogens is 2. The van der Waals surface area contributed by atoms with Gasteiger partial charge in [0.05, 0.1) is 17.6 Å². The highest BCUT2D eigenvalue weighted by Gasteiger charge is 2.12. The molecule has 0 aliphatic carbocycles. The number of aromatic hydroxyl groups is 2. The molecule has 0 radical (unpaired) electrons. The van der Waals surface area contributed by atoms with Gasteiger partial charge in [-0.25, -0.2) is 14.4 Å². The third kappa shape index (κ3) is 3.50. The van der Waals surface area contributed by atoms with E-state index in [1.165, 1.54) is 18.2 Å². The fourth-order valence-electron chi connectivity index (χ4n) is 2.76. The molecule has 0 atom stereocenters. The molecule has 0 aliphatic rings. The highest BCUT2D eigenvalue weighted by Crippen LogP contribution is 2.29. The van der Waals surface area contributed by atoms with Crippen molar-refractivity contribution in [3.05, 3.63) is 78.1 Å². The molecule has 0 amide bonds. The van der Waals surface area contributed by atoms with Crippen molar-refractivity contribution >= 4 is 16.7 Å². The highest BCUT2D eigenvalue weighted by atomic mass is 19.1. The maximum atomic E-state index is 14.2. The van der Waals surface area contributed by atoms with E-state index in [9.17, 15) is 14.6 Å². The van der Waals surface area contributed by atoms with Gasteiger partial charge in [-0.2, -0.15) is 5.11 Å². The number of fused-ring (bicyclic) bond motifs is 1. The van der Waals surface area contributed by atoms with Crippen molar-refractivity contribution in [1.82, 2.24) is 9.97 Å². The van der Waals surface area contributed by atoms with Crippen LogP contribution in [-0.2, 0) is 6.54 Å². The standard InChI is InChI=1S/C21H15FN4O2/c22-17-7-3-1-5-15(17)20-24-18-8-4-2-6-16(18)21(25-20)26-23-12-13-9-10-14(27)11-19(13)28/h1-11,27-28H,12H2. The summed E-state index contributed by atoms with van der Waals surface area (Å²) in [5.74, 6) is 0.00286. The van der Waals surface area contributed by atoms with E-state index in [2.05, 4.69) is 20.2 Å². The Morgan fingerprint density at radius 2 is 1.68 bits per heavy atom. The van der Waals surface area contributed by atoms with Gasteiger partial charge in [0.15, 0.2) is 11.6 Å². The van der Waals surface area contributed by atoms with Crippen LogP contribution in [0.5, 0.6) is 11.5 Å². The van der Waals surface area contributed by atoms with Gasteiger partial charge in [-0.15, -0.1) is 5.11 Å². The van der Waals surface area contributed by atoms with Crippen molar-refractivity contribution in [2.75, 3.05) is 0 Å². The van der Waals surface area contributed by atoms with Crippen LogP contribution in [-0.4, -0.2) is 20.2 Å². The molecule has 0 unspecified atom stereocenters. The van der Waals surface area contributed by atoms with Crippen LogP contribution in [0.2, 0.25) is 0 Å². The molecule has 2 N–H and O–H groups in total. The number of benzene rings is 3. The van der Waals surface area contributed by atoms with E-state index in [1.54, 1.807) is 30.3 Å². The summed E-state index contributed by atoms with van der Waals surface area (Å²) >= 11 is 0. The lowest BCUT2D eigenvalue weighted by atomic mass is 10.1. The first-order valence-electron chi connectivity index (χ1n) is 8.52. The van der Waals surface area contributed by atoms with Crippen LogP contribution in [0.3, 0.4) is 0 Å². The van der Waals surface area contributed by atoms with Gasteiger partial charge in [0, 0.05) is 17.0 Å². The first-order chi connectivity index (χ1) is 13.6. The molecule has 6 nitrogen and oxygen atoms in total. The predicted molar refractivity (Wildman–Crippen MR) is 103 cm³/mol. The van der Waals surface area contributed by atoms with Crippen molar-refractivity contribution in [2.45, 2.75) is 6.54 Å². The van der Waals surface area contributed by atoms with Crippen LogP contribution in [0.1, 0.15) is 5.56 Å². The molecule has 4 aromatic rings. The Labute approximate surface area is 159 Å². The van der Waals surface area contributed by atoms with Crippen molar-refractivity contribution in [3.63, 3.8) is 0 Å². The first-order valence-corrected chi connectivity index (χ1v) is 8.52. The number of halogens is 1. The number of rotatable bonds is 4. The Morgan fingerprint density at radius 3 is 2.50 bits per heavy atom. The number of hydrogen-bond donors (Lipinski definition) is 2. The number of azo groups is 1. The number of para-hydroxylation sites is 1. The molecule has 0 aliphatic heterocycles. The Balaban J connectivity index is 1.74. The summed E-state index contributed by atoms with van der Waals surface area (Å²) in [5, 5.41) is 28.2. The molecule has 0 saturated carbocycles. The highest BCUT2D eigenvalue weighted by molar-refractivity contribution is 5.89. The summed E-state index contributed by atoms with van der Waals surface area (Å²) in [4.78, 5) is 8.82. The van der Waals surface area contributed by atoms with Gasteiger partial charge >= 0.3 is 0 Å². The van der Waals surface area contributed by atoms with Gasteiger partial charge in [-0.1, -0.05) is 24.3 Å². The lowest BCUT2D eigenvalue weighted by Gasteiger charge is -2.06. The summed E-state index contributed by atoms with van der Waals surface area (Å²) in [6, 6.07) is 17.8. The molecule has 3 aromatic carbocycles. The van der Waals surface area contributed by atoms with Gasteiger partial charge in [-0.05, 0) is 36.4 Å². The second kappa shape index (κ2) is 7.40. The van der Waals surface area contributed by atoms with E-state index in [1.807, 2.05) is 18.2 Å². The monoisotopic (exact) mass is 374 g/mol. The Hall–Kier alpha value is -3.87. The Kier molecular flexibility index (Phi) is 4.63. The van der Waals surface area contributed by atoms with Gasteiger partial charge in [0.25, 0.3) is 0 Å². The average molecular weight is 374 g/mol. The van der Waals surface area contributed by atoms with E-state index in [4.69, 9.17) is 0 Å². The van der Waals surface area contributed by atoms with Crippen molar-refractivity contribution in [1.29, 1.82) is 0 Å². The summed E-state index contributed by atoms with van der Waals surface area (Å²) in [5.41, 5.74) is 1.41. The Morgan fingerprint density at radius 1 is 0.893 bits per heavy atom. The molecule has 138 valence electrons. The van der Waals surface area contributed by atoms with Gasteiger partial charge in [0.2, 0.25) is 0 Å². The summed E-state index contributed by atoms with van der Waals surface area (Å²) in [7, 11) is 0. The summed E-state index contributed by atoms with van der Waals surface area (Å²) in [6.07, 6.45) is 0. The van der Waals surface area contributed by atoms with Crippen molar-refractivity contribution in [3.8, 4) is 22.9 Å². The molecular formula is C21H15FN4O2. The van der Waals surface area contributed by atoms with Crippen LogP contribution >= 0.6 is 0 Å². The van der Waals surface area contributed by atoms with E-state index in [-0.39, 0.29) is 29.4 Å². The third-order valence-electron chi connectivity index (χ3n) is 4.17. The summed E-state index contributed by atoms with van der Waals surface area (Å²) in [6.45, 7) is 0.0967. The van der Waals surface area contributed by atoms with E-state index < -0.39 is 5.82 Å². The van der Waals surface area contributed by atoms with E-state index >= 15 is 0 Å². The normalized spacial score (nSPS) is 11.3. The molecule has 4 rings (SSSR count). The van der Waals surface area contributed by atoms with Crippen LogP contribution < -0.4 is 0 Å². The van der Waals surface area contributed by atoms with Crippen LogP contribution in [0, 0.1) is 5.82 Å². The second-order valence-electron chi connectivity index (χ2n) is 6.08. The minimum absolute atomic E-state index is 0.0329. The van der Waals surface area contributed by atoms with Crippen LogP contribution in [0.15, 0.2) is 77.0 Å². The lowest BCUT2D eigenvalue weighted by Crippen LogP contribution is -1.93. The van der Waals surface area contributed by atoms with Gasteiger partial charge in [0.1, 0.15) is 17.3 Å². The largest absolute Gasteiger partial charge is 0.508 e. The zero-order chi connectivity index (χ0) is 19.5. The smallest absolute Gasteiger partial charge is 0.185 e. The third-order valence-corrected chi connectivity index (χ3v) is 4.17. The summed E-state index contributed by atoms with van der Waals surface area (Å²) < 4.78 is 14.2. The molecule has 7 heteroatoms. The zero-order valence-corrected chi connectivity index (χ0v) is 14.6. The van der Waals surface area contributed by atoms with E-state index in [0.717, 1.165) is 0 Å². The fourth-order valence-corrected chi connectivity index (χ4v) is 2.76. The molecular weight excluding hydrogens is 359 g/mol. The van der Waals surface area contributed by atoms with Gasteiger partial charge in [-0.3, -0.25) is 0 Å². The number of hydrogen-bond acceptors (Lipinski definition) is 6. The quantitative estimate of drug-likeness (QED) is 0.484. The molecule has 28 heavy (non-hydrogen) atoms. The maximum absolute atomic E-state index is 14.2. The first kappa shape index (κ1) is 17.5. The van der Waals surface area contributed by atoms with Crippen LogP contribution in [0.4, 0.5) is 10.2 Å². The fraction of sp³-hybridized carbons (Fsp3) is 0.0476. The number of phenolic OH excluding ortho intramolecular Hbond substituents is 2. The predicted octanol–water partition coefficient (Wildman–Crippen LogP) is 5.13. The minimum Gasteiger partial charge on any atom is -0.508 e. The molecule has 1 aromatic heterocycles. The SMILES string of the molecule is Oc1ccc(CN=Nc2nc(-c3ccccc3F)nc3ccccc23)c(O)c1. The average Bonchev–Trinajstić information content (AvgIpc) is 2.70. The topological polar surface area (TPSA) is 91.0 Å². The zero-order valence-electron chi connectivity index (χ0n) is 14.6. The molecule has 1 heterocycles. The Bertz CT molecular complexity index is 1190. The second-order valence-corrected chi connectivity index (χ2v) is 6.08. The van der Waals surface area contributed by atoms with Gasteiger partial charge < -0.3 is 10.2 Å². The van der Waals surface area contributed by atoms with Crippen molar-refractivity contribution in [2.24, 2.45) is 10.2 Å². The lowest BCUT2D eigenvalue weighted by molar-refractivity contribution is 0.446. The maximum Gasteiger partial charge on any atom is 0.185 e. The molecule has 0 spiro atoms. The molecule has 0 bridgehead atoms. The van der Waals surface area contributed by atoms with E-state index in [0.29, 0.717) is 22.3 Å².